The Morgan fingerprint density at radius 2 is 2.00 bits per heavy atom. The third-order valence-electron chi connectivity index (χ3n) is 1.80. The van der Waals surface area contributed by atoms with E-state index in [1.807, 2.05) is 30.3 Å². The van der Waals surface area contributed by atoms with Crippen LogP contribution in [0.4, 0.5) is 10.4 Å². The van der Waals surface area contributed by atoms with Gasteiger partial charge < -0.3 is 0 Å². The summed E-state index contributed by atoms with van der Waals surface area (Å²) in [6.45, 7) is 0. The zero-order valence-electron chi connectivity index (χ0n) is 7.98. The van der Waals surface area contributed by atoms with Crippen LogP contribution in [0.2, 0.25) is 0 Å². The molecule has 3 nitrogen and oxygen atoms in total. The van der Waals surface area contributed by atoms with Gasteiger partial charge in [0.2, 0.25) is 0 Å². The fourth-order valence-corrected chi connectivity index (χ4v) is 3.69. The summed E-state index contributed by atoms with van der Waals surface area (Å²) in [6, 6.07) is 10.1. The normalized spacial score (nSPS) is 10.2. The summed E-state index contributed by atoms with van der Waals surface area (Å²) in [7, 11) is 0. The van der Waals surface area contributed by atoms with E-state index in [1.54, 1.807) is 0 Å². The molecule has 1 aromatic carbocycles. The predicted octanol–water partition coefficient (Wildman–Crippen LogP) is 2.21. The molecule has 0 spiro atoms. The second-order valence-electron chi connectivity index (χ2n) is 2.93. The van der Waals surface area contributed by atoms with E-state index in [-0.39, 0.29) is 14.5 Å². The Bertz CT molecular complexity index is 416. The first-order valence-electron chi connectivity index (χ1n) is 4.59. The molecule has 0 aliphatic heterocycles. The van der Waals surface area contributed by atoms with E-state index in [1.165, 1.54) is 4.57 Å². The molecular formula is C10H10BrN3Se. The summed E-state index contributed by atoms with van der Waals surface area (Å²) in [4.78, 5) is 0. The first-order valence-corrected chi connectivity index (χ1v) is 7.42. The van der Waals surface area contributed by atoms with Crippen LogP contribution in [-0.4, -0.2) is 30.0 Å². The molecule has 15 heavy (non-hydrogen) atoms. The van der Waals surface area contributed by atoms with Crippen molar-refractivity contribution in [3.63, 3.8) is 0 Å². The number of halogens is 1. The van der Waals surface area contributed by atoms with Crippen molar-refractivity contribution in [3.05, 3.63) is 34.9 Å². The Hall–Kier alpha value is -0.641. The average Bonchev–Trinajstić information content (AvgIpc) is 2.68. The van der Waals surface area contributed by atoms with Crippen LogP contribution in [0.25, 0.3) is 0 Å². The van der Waals surface area contributed by atoms with Gasteiger partial charge in [0.1, 0.15) is 0 Å². The summed E-state index contributed by atoms with van der Waals surface area (Å²) in [5, 5.41) is 12.5. The van der Waals surface area contributed by atoms with Gasteiger partial charge in [0.05, 0.1) is 0 Å². The summed E-state index contributed by atoms with van der Waals surface area (Å²) in [5.74, 6) is 0. The molecule has 2 rings (SSSR count). The first-order chi connectivity index (χ1) is 7.38. The maximum absolute atomic E-state index is 4.14. The van der Waals surface area contributed by atoms with E-state index in [2.05, 4.69) is 31.4 Å². The second-order valence-corrected chi connectivity index (χ2v) is 5.95. The molecule has 1 N–H and O–H groups in total. The summed E-state index contributed by atoms with van der Waals surface area (Å²) >= 11 is 3.67. The van der Waals surface area contributed by atoms with Crippen LogP contribution < -0.4 is 5.32 Å². The molecule has 0 unspecified atom stereocenters. The van der Waals surface area contributed by atoms with Crippen molar-refractivity contribution in [1.82, 2.24) is 10.2 Å². The van der Waals surface area contributed by atoms with E-state index in [0.29, 0.717) is 0 Å². The summed E-state index contributed by atoms with van der Waals surface area (Å²) in [5.41, 5.74) is 1.08. The fourth-order valence-electron chi connectivity index (χ4n) is 1.13. The van der Waals surface area contributed by atoms with Crippen LogP contribution in [0.15, 0.2) is 30.3 Å². The van der Waals surface area contributed by atoms with Gasteiger partial charge in [-0.15, -0.1) is 0 Å². The van der Waals surface area contributed by atoms with Crippen LogP contribution in [-0.2, 0) is 6.42 Å². The zero-order valence-corrected chi connectivity index (χ0v) is 11.3. The number of alkyl halides is 1. The Balaban J connectivity index is 2.05. The standard InChI is InChI=1S/C10H10BrN3Se/c11-7-6-9-13-14-10(15-9)12-8-4-2-1-3-5-8/h1-5H,6-7H2,(H,12,14). The number of rotatable bonds is 4. The molecule has 1 aromatic heterocycles. The number of hydrogen-bond donors (Lipinski definition) is 1. The van der Waals surface area contributed by atoms with Gasteiger partial charge in [0.25, 0.3) is 0 Å². The molecule has 0 saturated heterocycles. The van der Waals surface area contributed by atoms with Crippen LogP contribution in [0.3, 0.4) is 0 Å². The second kappa shape index (κ2) is 5.45. The van der Waals surface area contributed by atoms with Gasteiger partial charge in [-0.2, -0.15) is 0 Å². The minimum absolute atomic E-state index is 0.267. The van der Waals surface area contributed by atoms with Crippen LogP contribution in [0.1, 0.15) is 4.57 Å². The van der Waals surface area contributed by atoms with Gasteiger partial charge in [-0.3, -0.25) is 0 Å². The Labute approximate surface area is 103 Å². The van der Waals surface area contributed by atoms with Crippen molar-refractivity contribution < 1.29 is 0 Å². The van der Waals surface area contributed by atoms with E-state index < -0.39 is 0 Å². The zero-order chi connectivity index (χ0) is 10.5. The van der Waals surface area contributed by atoms with Crippen molar-refractivity contribution in [2.75, 3.05) is 10.6 Å². The molecule has 0 bridgehead atoms. The molecule has 0 radical (unpaired) electrons. The minimum atomic E-state index is 0.267. The molecule has 0 atom stereocenters. The first kappa shape index (κ1) is 10.9. The fraction of sp³-hybridized carbons (Fsp3) is 0.200. The molecular weight excluding hydrogens is 321 g/mol. The van der Waals surface area contributed by atoms with Crippen LogP contribution >= 0.6 is 15.9 Å². The number of benzene rings is 1. The Morgan fingerprint density at radius 3 is 2.73 bits per heavy atom. The van der Waals surface area contributed by atoms with Crippen LogP contribution in [0, 0.1) is 0 Å². The van der Waals surface area contributed by atoms with Crippen molar-refractivity contribution in [2.45, 2.75) is 6.42 Å². The van der Waals surface area contributed by atoms with E-state index in [0.717, 1.165) is 22.1 Å². The van der Waals surface area contributed by atoms with Crippen molar-refractivity contribution in [1.29, 1.82) is 0 Å². The monoisotopic (exact) mass is 331 g/mol. The summed E-state index contributed by atoms with van der Waals surface area (Å²) in [6.07, 6.45) is 0.990. The Kier molecular flexibility index (Phi) is 3.94. The maximum atomic E-state index is 4.14. The van der Waals surface area contributed by atoms with E-state index >= 15 is 0 Å². The molecule has 1 heterocycles. The number of nitrogens with zero attached hydrogens (tertiary/aromatic N) is 2. The number of anilines is 2. The SMILES string of the molecule is BrCCc1nnc(Nc2ccccc2)[se]1. The van der Waals surface area contributed by atoms with Gasteiger partial charge in [0, 0.05) is 0 Å². The van der Waals surface area contributed by atoms with E-state index in [4.69, 9.17) is 0 Å². The van der Waals surface area contributed by atoms with E-state index in [9.17, 15) is 0 Å². The molecule has 0 fully saturated rings. The molecule has 5 heteroatoms. The molecule has 2 aromatic rings. The number of nitrogens with one attached hydrogen (secondary N) is 1. The van der Waals surface area contributed by atoms with Crippen molar-refractivity contribution in [2.24, 2.45) is 0 Å². The van der Waals surface area contributed by atoms with Gasteiger partial charge in [-0.25, -0.2) is 0 Å². The molecule has 0 aliphatic rings. The Morgan fingerprint density at radius 1 is 1.20 bits per heavy atom. The average molecular weight is 331 g/mol. The number of hydrogen-bond acceptors (Lipinski definition) is 3. The molecule has 0 amide bonds. The third kappa shape index (κ3) is 3.16. The number of aryl methyl sites for hydroxylation is 1. The van der Waals surface area contributed by atoms with Gasteiger partial charge in [-0.1, -0.05) is 0 Å². The molecule has 0 aliphatic carbocycles. The number of para-hydroxylation sites is 1. The van der Waals surface area contributed by atoms with Crippen LogP contribution in [0.5, 0.6) is 0 Å². The van der Waals surface area contributed by atoms with Gasteiger partial charge in [0.15, 0.2) is 0 Å². The topological polar surface area (TPSA) is 37.8 Å². The third-order valence-corrected chi connectivity index (χ3v) is 4.08. The number of aromatic nitrogens is 2. The predicted molar refractivity (Wildman–Crippen MR) is 66.2 cm³/mol. The van der Waals surface area contributed by atoms with Crippen molar-refractivity contribution in [3.8, 4) is 0 Å². The molecule has 78 valence electrons. The van der Waals surface area contributed by atoms with Gasteiger partial charge in [-0.05, 0) is 0 Å². The summed E-state index contributed by atoms with van der Waals surface area (Å²) < 4.78 is 2.18. The van der Waals surface area contributed by atoms with Crippen molar-refractivity contribution >= 4 is 40.8 Å². The quantitative estimate of drug-likeness (QED) is 0.690. The molecule has 0 saturated carbocycles. The van der Waals surface area contributed by atoms with Gasteiger partial charge >= 0.3 is 103 Å².